The Balaban J connectivity index is 2.32. The van der Waals surface area contributed by atoms with E-state index in [9.17, 15) is 4.79 Å². The van der Waals surface area contributed by atoms with Crippen molar-refractivity contribution in [2.75, 3.05) is 26.7 Å². The summed E-state index contributed by atoms with van der Waals surface area (Å²) >= 11 is 0. The Morgan fingerprint density at radius 1 is 1.40 bits per heavy atom. The van der Waals surface area contributed by atoms with Crippen molar-refractivity contribution in [3.8, 4) is 0 Å². The largest absolute Gasteiger partial charge is 0.468 e. The SMILES string of the molecule is CCNC(C)(CCCCN1CC(C)CC1C)C(=O)OC. The molecule has 0 spiro atoms. The van der Waals surface area contributed by atoms with Gasteiger partial charge in [0.25, 0.3) is 0 Å². The molecule has 1 aliphatic heterocycles. The fraction of sp³-hybridized carbons (Fsp3) is 0.938. The number of hydrogen-bond acceptors (Lipinski definition) is 4. The first-order valence-electron chi connectivity index (χ1n) is 8.00. The minimum absolute atomic E-state index is 0.150. The third-order valence-electron chi connectivity index (χ3n) is 4.49. The Bertz CT molecular complexity index is 309. The molecule has 1 fully saturated rings. The lowest BCUT2D eigenvalue weighted by molar-refractivity contribution is -0.148. The first-order valence-corrected chi connectivity index (χ1v) is 8.00. The second kappa shape index (κ2) is 7.99. The molecule has 3 atom stereocenters. The third kappa shape index (κ3) is 4.74. The van der Waals surface area contributed by atoms with Gasteiger partial charge in [-0.05, 0) is 58.5 Å². The zero-order valence-corrected chi connectivity index (χ0v) is 13.9. The van der Waals surface area contributed by atoms with Gasteiger partial charge in [-0.25, -0.2) is 0 Å². The van der Waals surface area contributed by atoms with Crippen LogP contribution in [0.2, 0.25) is 0 Å². The van der Waals surface area contributed by atoms with Gasteiger partial charge in [-0.15, -0.1) is 0 Å². The van der Waals surface area contributed by atoms with Crippen molar-refractivity contribution in [3.05, 3.63) is 0 Å². The zero-order chi connectivity index (χ0) is 15.2. The number of carbonyl (C=O) groups is 1. The maximum absolute atomic E-state index is 11.9. The van der Waals surface area contributed by atoms with Crippen LogP contribution in [0.25, 0.3) is 0 Å². The van der Waals surface area contributed by atoms with Crippen molar-refractivity contribution >= 4 is 5.97 Å². The van der Waals surface area contributed by atoms with Crippen molar-refractivity contribution in [1.29, 1.82) is 0 Å². The molecule has 4 nitrogen and oxygen atoms in total. The Labute approximate surface area is 124 Å². The molecule has 0 amide bonds. The smallest absolute Gasteiger partial charge is 0.325 e. The summed E-state index contributed by atoms with van der Waals surface area (Å²) in [6, 6.07) is 0.714. The third-order valence-corrected chi connectivity index (χ3v) is 4.49. The average molecular weight is 284 g/mol. The number of carbonyl (C=O) groups excluding carboxylic acids is 1. The molecule has 118 valence electrons. The van der Waals surface area contributed by atoms with Gasteiger partial charge >= 0.3 is 5.97 Å². The van der Waals surface area contributed by atoms with Gasteiger partial charge < -0.3 is 15.0 Å². The second-order valence-electron chi connectivity index (χ2n) is 6.50. The summed E-state index contributed by atoms with van der Waals surface area (Å²) in [4.78, 5) is 14.5. The van der Waals surface area contributed by atoms with Crippen LogP contribution in [0, 0.1) is 5.92 Å². The fourth-order valence-corrected chi connectivity index (χ4v) is 3.37. The standard InChI is InChI=1S/C16H32N2O2/c1-6-17-16(4,15(19)20-5)9-7-8-10-18-12-13(2)11-14(18)3/h13-14,17H,6-12H2,1-5H3. The minimum Gasteiger partial charge on any atom is -0.468 e. The Hall–Kier alpha value is -0.610. The monoisotopic (exact) mass is 284 g/mol. The quantitative estimate of drug-likeness (QED) is 0.549. The molecule has 0 saturated carbocycles. The predicted molar refractivity (Wildman–Crippen MR) is 82.8 cm³/mol. The molecule has 0 aromatic heterocycles. The summed E-state index contributed by atoms with van der Waals surface area (Å²) in [7, 11) is 1.46. The molecule has 1 rings (SSSR count). The lowest BCUT2D eigenvalue weighted by atomic mass is 9.94. The van der Waals surface area contributed by atoms with E-state index in [2.05, 4.69) is 24.1 Å². The van der Waals surface area contributed by atoms with E-state index in [0.29, 0.717) is 6.04 Å². The van der Waals surface area contributed by atoms with Crippen LogP contribution in [-0.4, -0.2) is 49.2 Å². The van der Waals surface area contributed by atoms with E-state index in [1.54, 1.807) is 0 Å². The van der Waals surface area contributed by atoms with E-state index < -0.39 is 5.54 Å². The number of hydrogen-bond donors (Lipinski definition) is 1. The van der Waals surface area contributed by atoms with Gasteiger partial charge in [0.1, 0.15) is 5.54 Å². The van der Waals surface area contributed by atoms with Crippen molar-refractivity contribution in [2.45, 2.75) is 65.0 Å². The maximum atomic E-state index is 11.9. The van der Waals surface area contributed by atoms with Gasteiger partial charge in [0.15, 0.2) is 0 Å². The lowest BCUT2D eigenvalue weighted by Gasteiger charge is -2.28. The van der Waals surface area contributed by atoms with Gasteiger partial charge in [0, 0.05) is 12.6 Å². The topological polar surface area (TPSA) is 41.6 Å². The highest BCUT2D eigenvalue weighted by molar-refractivity contribution is 5.80. The highest BCUT2D eigenvalue weighted by Gasteiger charge is 2.33. The summed E-state index contributed by atoms with van der Waals surface area (Å²) in [6.45, 7) is 11.8. The van der Waals surface area contributed by atoms with Crippen molar-refractivity contribution < 1.29 is 9.53 Å². The van der Waals surface area contributed by atoms with Gasteiger partial charge in [0.05, 0.1) is 7.11 Å². The maximum Gasteiger partial charge on any atom is 0.325 e. The highest BCUT2D eigenvalue weighted by atomic mass is 16.5. The number of nitrogens with zero attached hydrogens (tertiary/aromatic N) is 1. The van der Waals surface area contributed by atoms with Crippen LogP contribution in [0.15, 0.2) is 0 Å². The fourth-order valence-electron chi connectivity index (χ4n) is 3.37. The molecule has 1 N–H and O–H groups in total. The Morgan fingerprint density at radius 2 is 2.10 bits per heavy atom. The molecule has 0 aromatic rings. The summed E-state index contributed by atoms with van der Waals surface area (Å²) in [5.41, 5.74) is -0.534. The van der Waals surface area contributed by atoms with Crippen LogP contribution >= 0.6 is 0 Å². The highest BCUT2D eigenvalue weighted by Crippen LogP contribution is 2.23. The van der Waals surface area contributed by atoms with E-state index in [4.69, 9.17) is 4.74 Å². The summed E-state index contributed by atoms with van der Waals surface area (Å²) in [5.74, 6) is 0.676. The van der Waals surface area contributed by atoms with E-state index in [1.807, 2.05) is 13.8 Å². The van der Waals surface area contributed by atoms with Crippen LogP contribution in [-0.2, 0) is 9.53 Å². The van der Waals surface area contributed by atoms with E-state index >= 15 is 0 Å². The summed E-state index contributed by atoms with van der Waals surface area (Å²) in [5, 5.41) is 3.27. The van der Waals surface area contributed by atoms with Gasteiger partial charge in [0.2, 0.25) is 0 Å². The molecule has 0 radical (unpaired) electrons. The number of ether oxygens (including phenoxy) is 1. The van der Waals surface area contributed by atoms with Crippen LogP contribution in [0.5, 0.6) is 0 Å². The number of likely N-dealkylation sites (tertiary alicyclic amines) is 1. The molecule has 1 aliphatic rings. The predicted octanol–water partition coefficient (Wildman–Crippen LogP) is 2.43. The molecule has 3 unspecified atom stereocenters. The normalized spacial score (nSPS) is 26.4. The van der Waals surface area contributed by atoms with E-state index in [1.165, 1.54) is 20.1 Å². The number of methoxy groups -OCH3 is 1. The van der Waals surface area contributed by atoms with E-state index in [0.717, 1.165) is 38.3 Å². The van der Waals surface area contributed by atoms with Gasteiger partial charge in [-0.3, -0.25) is 4.79 Å². The molecule has 20 heavy (non-hydrogen) atoms. The van der Waals surface area contributed by atoms with Crippen LogP contribution in [0.1, 0.15) is 53.4 Å². The molecule has 1 saturated heterocycles. The molecule has 4 heteroatoms. The number of esters is 1. The number of likely N-dealkylation sites (N-methyl/N-ethyl adjacent to an activating group) is 1. The molecule has 0 bridgehead atoms. The van der Waals surface area contributed by atoms with Crippen molar-refractivity contribution in [2.24, 2.45) is 5.92 Å². The molecule has 1 heterocycles. The Morgan fingerprint density at radius 3 is 2.60 bits per heavy atom. The zero-order valence-electron chi connectivity index (χ0n) is 13.9. The number of unbranched alkanes of at least 4 members (excludes halogenated alkanes) is 1. The summed E-state index contributed by atoms with van der Waals surface area (Å²) < 4.78 is 4.92. The van der Waals surface area contributed by atoms with Crippen LogP contribution in [0.4, 0.5) is 0 Å². The molecule has 0 aromatic carbocycles. The van der Waals surface area contributed by atoms with Crippen molar-refractivity contribution in [3.63, 3.8) is 0 Å². The first-order chi connectivity index (χ1) is 9.42. The van der Waals surface area contributed by atoms with E-state index in [-0.39, 0.29) is 5.97 Å². The van der Waals surface area contributed by atoms with Gasteiger partial charge in [-0.2, -0.15) is 0 Å². The average Bonchev–Trinajstić information content (AvgIpc) is 2.72. The lowest BCUT2D eigenvalue weighted by Crippen LogP contribution is -2.50. The first kappa shape index (κ1) is 17.4. The molecular formula is C16H32N2O2. The van der Waals surface area contributed by atoms with Crippen molar-refractivity contribution in [1.82, 2.24) is 10.2 Å². The van der Waals surface area contributed by atoms with Crippen LogP contribution < -0.4 is 5.32 Å². The minimum atomic E-state index is -0.534. The Kier molecular flexibility index (Phi) is 6.96. The summed E-state index contributed by atoms with van der Waals surface area (Å²) in [6.07, 6.45) is 4.35. The molecule has 0 aliphatic carbocycles. The number of nitrogens with one attached hydrogen (secondary N) is 1. The van der Waals surface area contributed by atoms with Gasteiger partial charge in [-0.1, -0.05) is 13.8 Å². The molecular weight excluding hydrogens is 252 g/mol. The number of rotatable bonds is 8. The van der Waals surface area contributed by atoms with Crippen LogP contribution in [0.3, 0.4) is 0 Å². The second-order valence-corrected chi connectivity index (χ2v) is 6.50.